The summed E-state index contributed by atoms with van der Waals surface area (Å²) in [7, 11) is 2.07. The minimum absolute atomic E-state index is 0.117. The highest BCUT2D eigenvalue weighted by atomic mass is 16.5. The molecule has 0 radical (unpaired) electrons. The second kappa shape index (κ2) is 6.89. The summed E-state index contributed by atoms with van der Waals surface area (Å²) in [5.74, 6) is 0.850. The third kappa shape index (κ3) is 3.72. The molecule has 0 spiro atoms. The highest BCUT2D eigenvalue weighted by Gasteiger charge is 2.37. The van der Waals surface area contributed by atoms with Crippen LogP contribution in [0.1, 0.15) is 45.4 Å². The average Bonchev–Trinajstić information content (AvgIpc) is 2.46. The molecule has 0 aromatic carbocycles. The lowest BCUT2D eigenvalue weighted by molar-refractivity contribution is -0.0857. The van der Waals surface area contributed by atoms with E-state index in [0.717, 1.165) is 18.8 Å². The summed E-state index contributed by atoms with van der Waals surface area (Å²) in [6, 6.07) is 2.78. The summed E-state index contributed by atoms with van der Waals surface area (Å²) < 4.78 is 5.34. The number of likely N-dealkylation sites (N-methyl/N-ethyl adjacent to an activating group) is 1. The van der Waals surface area contributed by atoms with Gasteiger partial charge in [0.15, 0.2) is 0 Å². The van der Waals surface area contributed by atoms with Crippen LogP contribution < -0.4 is 0 Å². The van der Waals surface area contributed by atoms with Gasteiger partial charge < -0.3 is 9.84 Å². The van der Waals surface area contributed by atoms with Crippen LogP contribution in [0.5, 0.6) is 0 Å². The molecule has 1 N–H and O–H groups in total. The van der Waals surface area contributed by atoms with E-state index in [4.69, 9.17) is 4.74 Å². The SMILES string of the molecule is CCC1CCC(C#N)C(N(C)CC2(O)CCOCC2)C1. The van der Waals surface area contributed by atoms with Gasteiger partial charge in [0.25, 0.3) is 0 Å². The Kier molecular flexibility index (Phi) is 5.42. The molecule has 3 unspecified atom stereocenters. The largest absolute Gasteiger partial charge is 0.388 e. The minimum atomic E-state index is -0.633. The maximum Gasteiger partial charge on any atom is 0.0817 e. The highest BCUT2D eigenvalue weighted by molar-refractivity contribution is 4.98. The Balaban J connectivity index is 1.98. The lowest BCUT2D eigenvalue weighted by atomic mass is 9.77. The van der Waals surface area contributed by atoms with Gasteiger partial charge in [0, 0.05) is 38.6 Å². The monoisotopic (exact) mass is 280 g/mol. The fourth-order valence-electron chi connectivity index (χ4n) is 3.73. The smallest absolute Gasteiger partial charge is 0.0817 e. The molecular formula is C16H28N2O2. The summed E-state index contributed by atoms with van der Waals surface area (Å²) in [6.45, 7) is 4.19. The van der Waals surface area contributed by atoms with Gasteiger partial charge in [-0.1, -0.05) is 13.3 Å². The van der Waals surface area contributed by atoms with Gasteiger partial charge in [-0.15, -0.1) is 0 Å². The van der Waals surface area contributed by atoms with E-state index in [1.54, 1.807) is 0 Å². The molecule has 1 aliphatic heterocycles. The number of nitriles is 1. The van der Waals surface area contributed by atoms with Crippen molar-refractivity contribution < 1.29 is 9.84 Å². The molecular weight excluding hydrogens is 252 g/mol. The van der Waals surface area contributed by atoms with Crippen LogP contribution in [0.2, 0.25) is 0 Å². The second-order valence-corrected chi connectivity index (χ2v) is 6.64. The lowest BCUT2D eigenvalue weighted by Crippen LogP contribution is -2.51. The normalized spacial score (nSPS) is 33.9. The molecule has 2 aliphatic rings. The van der Waals surface area contributed by atoms with Crippen LogP contribution in [0.15, 0.2) is 0 Å². The van der Waals surface area contributed by atoms with Crippen LogP contribution in [0.4, 0.5) is 0 Å². The van der Waals surface area contributed by atoms with Gasteiger partial charge >= 0.3 is 0 Å². The predicted molar refractivity (Wildman–Crippen MR) is 78.2 cm³/mol. The molecule has 0 aromatic rings. The van der Waals surface area contributed by atoms with E-state index in [1.165, 1.54) is 12.8 Å². The first-order valence-electron chi connectivity index (χ1n) is 7.98. The quantitative estimate of drug-likeness (QED) is 0.857. The molecule has 2 fully saturated rings. The van der Waals surface area contributed by atoms with Gasteiger partial charge in [0.2, 0.25) is 0 Å². The van der Waals surface area contributed by atoms with E-state index in [2.05, 4.69) is 24.9 Å². The standard InChI is InChI=1S/C16H28N2O2/c1-3-13-4-5-14(11-17)15(10-13)18(2)12-16(19)6-8-20-9-7-16/h13-15,19H,3-10,12H2,1-2H3. The van der Waals surface area contributed by atoms with Gasteiger partial charge in [-0.05, 0) is 32.2 Å². The molecule has 1 saturated carbocycles. The Labute approximate surface area is 122 Å². The van der Waals surface area contributed by atoms with Crippen molar-refractivity contribution in [1.82, 2.24) is 4.90 Å². The molecule has 20 heavy (non-hydrogen) atoms. The summed E-state index contributed by atoms with van der Waals surface area (Å²) in [5, 5.41) is 20.0. The van der Waals surface area contributed by atoms with E-state index in [0.29, 0.717) is 38.6 Å². The zero-order valence-electron chi connectivity index (χ0n) is 12.8. The van der Waals surface area contributed by atoms with Crippen LogP contribution >= 0.6 is 0 Å². The number of aliphatic hydroxyl groups is 1. The molecule has 0 aromatic heterocycles. The van der Waals surface area contributed by atoms with Gasteiger partial charge in [-0.25, -0.2) is 0 Å². The molecule has 4 nitrogen and oxygen atoms in total. The van der Waals surface area contributed by atoms with Crippen molar-refractivity contribution in [1.29, 1.82) is 5.26 Å². The third-order valence-electron chi connectivity index (χ3n) is 5.20. The third-order valence-corrected chi connectivity index (χ3v) is 5.20. The van der Waals surface area contributed by atoms with Crippen molar-refractivity contribution in [3.63, 3.8) is 0 Å². The lowest BCUT2D eigenvalue weighted by Gasteiger charge is -2.42. The molecule has 114 valence electrons. The Hall–Kier alpha value is -0.630. The van der Waals surface area contributed by atoms with E-state index in [1.807, 2.05) is 0 Å². The van der Waals surface area contributed by atoms with Gasteiger partial charge in [-0.3, -0.25) is 4.90 Å². The first kappa shape index (κ1) is 15.8. The molecule has 4 heteroatoms. The van der Waals surface area contributed by atoms with Gasteiger partial charge in [-0.2, -0.15) is 5.26 Å². The van der Waals surface area contributed by atoms with Crippen molar-refractivity contribution in [2.45, 2.75) is 57.1 Å². The van der Waals surface area contributed by atoms with Crippen molar-refractivity contribution in [2.75, 3.05) is 26.8 Å². The van der Waals surface area contributed by atoms with Crippen LogP contribution in [0, 0.1) is 23.2 Å². The molecule has 1 heterocycles. The molecule has 1 aliphatic carbocycles. The van der Waals surface area contributed by atoms with Crippen molar-refractivity contribution in [3.05, 3.63) is 0 Å². The first-order valence-corrected chi connectivity index (χ1v) is 7.98. The topological polar surface area (TPSA) is 56.5 Å². The zero-order valence-corrected chi connectivity index (χ0v) is 12.8. The number of ether oxygens (including phenoxy) is 1. The predicted octanol–water partition coefficient (Wildman–Crippen LogP) is 2.18. The number of rotatable bonds is 4. The number of nitrogens with zero attached hydrogens (tertiary/aromatic N) is 2. The Morgan fingerprint density at radius 1 is 1.35 bits per heavy atom. The molecule has 3 atom stereocenters. The first-order chi connectivity index (χ1) is 9.58. The van der Waals surface area contributed by atoms with Crippen LogP contribution in [-0.2, 0) is 4.74 Å². The van der Waals surface area contributed by atoms with Gasteiger partial charge in [0.1, 0.15) is 0 Å². The summed E-state index contributed by atoms with van der Waals surface area (Å²) >= 11 is 0. The summed E-state index contributed by atoms with van der Waals surface area (Å²) in [4.78, 5) is 2.24. The highest BCUT2D eigenvalue weighted by Crippen LogP contribution is 2.34. The maximum absolute atomic E-state index is 10.6. The molecule has 0 bridgehead atoms. The van der Waals surface area contributed by atoms with Crippen molar-refractivity contribution in [3.8, 4) is 6.07 Å². The second-order valence-electron chi connectivity index (χ2n) is 6.64. The Morgan fingerprint density at radius 2 is 2.05 bits per heavy atom. The average molecular weight is 280 g/mol. The van der Waals surface area contributed by atoms with Crippen LogP contribution in [0.3, 0.4) is 0 Å². The number of hydrogen-bond acceptors (Lipinski definition) is 4. The Bertz CT molecular complexity index is 347. The van der Waals surface area contributed by atoms with Crippen LogP contribution in [0.25, 0.3) is 0 Å². The van der Waals surface area contributed by atoms with E-state index >= 15 is 0 Å². The minimum Gasteiger partial charge on any atom is -0.388 e. The molecule has 1 saturated heterocycles. The number of hydrogen-bond donors (Lipinski definition) is 1. The zero-order chi connectivity index (χ0) is 14.6. The summed E-state index contributed by atoms with van der Waals surface area (Å²) in [5.41, 5.74) is -0.633. The molecule has 0 amide bonds. The van der Waals surface area contributed by atoms with Crippen LogP contribution in [-0.4, -0.2) is 48.5 Å². The van der Waals surface area contributed by atoms with Crippen molar-refractivity contribution in [2.24, 2.45) is 11.8 Å². The maximum atomic E-state index is 10.6. The van der Waals surface area contributed by atoms with E-state index < -0.39 is 5.60 Å². The van der Waals surface area contributed by atoms with E-state index in [-0.39, 0.29) is 5.92 Å². The molecule has 2 rings (SSSR count). The van der Waals surface area contributed by atoms with E-state index in [9.17, 15) is 10.4 Å². The fourth-order valence-corrected chi connectivity index (χ4v) is 3.73. The van der Waals surface area contributed by atoms with Gasteiger partial charge in [0.05, 0.1) is 17.6 Å². The fraction of sp³-hybridized carbons (Fsp3) is 0.938. The Morgan fingerprint density at radius 3 is 2.65 bits per heavy atom. The summed E-state index contributed by atoms with van der Waals surface area (Å²) in [6.07, 6.45) is 5.89. The van der Waals surface area contributed by atoms with Crippen molar-refractivity contribution >= 4 is 0 Å².